The van der Waals surface area contributed by atoms with Crippen molar-refractivity contribution in [3.05, 3.63) is 87.9 Å². The minimum Gasteiger partial charge on any atom is -0.510 e. The van der Waals surface area contributed by atoms with Gasteiger partial charge in [0.1, 0.15) is 22.8 Å². The first kappa shape index (κ1) is 36.6. The Balaban J connectivity index is 0.000000332. The van der Waals surface area contributed by atoms with E-state index in [1.54, 1.807) is 30.3 Å². The Morgan fingerprint density at radius 2 is 1.53 bits per heavy atom. The number of amides is 2. The number of hydrogen-bond acceptors (Lipinski definition) is 12. The summed E-state index contributed by atoms with van der Waals surface area (Å²) in [6.45, 7) is 1.40. The molecule has 6 atom stereocenters. The van der Waals surface area contributed by atoms with Crippen molar-refractivity contribution in [2.75, 3.05) is 14.1 Å². The Bertz CT molecular complexity index is 1690. The van der Waals surface area contributed by atoms with E-state index < -0.39 is 92.2 Å². The van der Waals surface area contributed by atoms with Crippen molar-refractivity contribution in [2.45, 2.75) is 36.7 Å². The maximum atomic E-state index is 13.3. The van der Waals surface area contributed by atoms with Crippen LogP contribution in [0.4, 0.5) is 0 Å². The highest BCUT2D eigenvalue weighted by molar-refractivity contribution is 7.79. The number of ketones is 2. The fraction of sp³-hybridized carbons (Fsp3) is 0.323. The third kappa shape index (κ3) is 6.41. The van der Waals surface area contributed by atoms with Crippen molar-refractivity contribution >= 4 is 40.8 Å². The van der Waals surface area contributed by atoms with Gasteiger partial charge in [0.05, 0.1) is 17.2 Å². The van der Waals surface area contributed by atoms with Crippen molar-refractivity contribution in [1.82, 2.24) is 4.90 Å². The third-order valence-electron chi connectivity index (χ3n) is 8.41. The average Bonchev–Trinajstić information content (AvgIpc) is 2.97. The van der Waals surface area contributed by atoms with Gasteiger partial charge in [-0.05, 0) is 56.9 Å². The normalized spacial score (nSPS) is 26.8. The summed E-state index contributed by atoms with van der Waals surface area (Å²) in [4.78, 5) is 50.3. The predicted molar refractivity (Wildman–Crippen MR) is 170 cm³/mol. The molecule has 252 valence electrons. The van der Waals surface area contributed by atoms with Gasteiger partial charge < -0.3 is 52.9 Å². The van der Waals surface area contributed by atoms with Crippen LogP contribution in [0.1, 0.15) is 40.9 Å². The molecule has 5 rings (SSSR count). The van der Waals surface area contributed by atoms with Crippen LogP contribution in [0.3, 0.4) is 0 Å². The summed E-state index contributed by atoms with van der Waals surface area (Å²) in [5, 5.41) is 71.2. The van der Waals surface area contributed by atoms with Crippen LogP contribution in [0.15, 0.2) is 71.2 Å². The van der Waals surface area contributed by atoms with E-state index in [0.29, 0.717) is 5.56 Å². The van der Waals surface area contributed by atoms with Crippen LogP contribution in [0.5, 0.6) is 5.75 Å². The molecule has 16 heteroatoms. The van der Waals surface area contributed by atoms with Gasteiger partial charge in [0.2, 0.25) is 5.78 Å². The number of carbonyl (C=O) groups is 4. The molecule has 0 saturated heterocycles. The number of aliphatic hydroxyl groups is 6. The van der Waals surface area contributed by atoms with E-state index in [2.05, 4.69) is 18.0 Å². The third-order valence-corrected chi connectivity index (χ3v) is 8.41. The standard InChI is InChI=1S/C22H24N2O8.C8H9NO2.CH3NOS/c1-21(31)8-5-4-6-11(25)12(8)16(26)13-9(21)7-10-15(24(2)3)17(27)14(20(23)30)19(29)22(10,32)18(13)28;9-8(11)7(10)6-4-2-1-3-5-6;2-1(3)4/h4-6,9-10,15,25,27-28,31-32H,7H2,1-3H3,(H2,23,30);1-5,7,10H,(H2,9,11);(H3,2,3,4)/t9-,10-,15-,21+,22-;7-;/m01./s1. The predicted octanol–water partition coefficient (Wildman–Crippen LogP) is -0.221. The second-order valence-corrected chi connectivity index (χ2v) is 11.9. The van der Waals surface area contributed by atoms with E-state index in [9.17, 15) is 44.7 Å². The number of nitrogens with two attached hydrogens (primary N) is 3. The summed E-state index contributed by atoms with van der Waals surface area (Å²) < 4.78 is 0. The summed E-state index contributed by atoms with van der Waals surface area (Å²) in [5.41, 5.74) is 9.15. The zero-order valence-corrected chi connectivity index (χ0v) is 26.3. The van der Waals surface area contributed by atoms with Gasteiger partial charge in [-0.1, -0.05) is 42.5 Å². The number of likely N-dealkylation sites (N-methyl/N-ethyl adjacent to an activating group) is 1. The number of primary amides is 2. The van der Waals surface area contributed by atoms with E-state index in [0.717, 1.165) is 0 Å². The highest BCUT2D eigenvalue weighted by Gasteiger charge is 2.65. The number of Topliss-reactive ketones (excluding diaryl/α,β-unsaturated/α-hetero) is 2. The van der Waals surface area contributed by atoms with Crippen LogP contribution in [0.25, 0.3) is 0 Å². The zero-order valence-electron chi connectivity index (χ0n) is 25.5. The maximum absolute atomic E-state index is 13.3. The molecular weight excluding hydrogens is 636 g/mol. The van der Waals surface area contributed by atoms with Crippen LogP contribution in [-0.4, -0.2) is 94.9 Å². The van der Waals surface area contributed by atoms with Gasteiger partial charge in [0.25, 0.3) is 17.0 Å². The highest BCUT2D eigenvalue weighted by atomic mass is 32.1. The van der Waals surface area contributed by atoms with Gasteiger partial charge in [-0.15, -0.1) is 0 Å². The van der Waals surface area contributed by atoms with Crippen LogP contribution in [0, 0.1) is 11.8 Å². The van der Waals surface area contributed by atoms with Gasteiger partial charge in [0, 0.05) is 17.4 Å². The van der Waals surface area contributed by atoms with Crippen molar-refractivity contribution in [1.29, 1.82) is 0 Å². The van der Waals surface area contributed by atoms with Crippen LogP contribution >= 0.6 is 12.2 Å². The smallest absolute Gasteiger partial charge is 0.255 e. The molecule has 0 heterocycles. The fourth-order valence-corrected chi connectivity index (χ4v) is 6.31. The number of nitrogens with zero attached hydrogens (tertiary/aromatic N) is 1. The van der Waals surface area contributed by atoms with E-state index in [4.69, 9.17) is 21.7 Å². The number of carbonyl (C=O) groups excluding carboxylic acids is 4. The lowest BCUT2D eigenvalue weighted by Crippen LogP contribution is -2.65. The highest BCUT2D eigenvalue weighted by Crippen LogP contribution is 2.56. The number of phenols is 1. The summed E-state index contributed by atoms with van der Waals surface area (Å²) in [6, 6.07) is 11.6. The molecule has 0 aromatic heterocycles. The lowest BCUT2D eigenvalue weighted by Gasteiger charge is -2.52. The molecule has 3 aliphatic rings. The van der Waals surface area contributed by atoms with Gasteiger partial charge in [-0.25, -0.2) is 0 Å². The number of benzene rings is 2. The molecule has 13 N–H and O–H groups in total. The Morgan fingerprint density at radius 3 is 2.02 bits per heavy atom. The summed E-state index contributed by atoms with van der Waals surface area (Å²) in [7, 11) is 3.06. The van der Waals surface area contributed by atoms with Crippen molar-refractivity contribution in [3.8, 4) is 5.75 Å². The van der Waals surface area contributed by atoms with Gasteiger partial charge in [-0.3, -0.25) is 24.1 Å². The molecule has 0 aliphatic heterocycles. The molecule has 0 saturated carbocycles. The van der Waals surface area contributed by atoms with Crippen molar-refractivity contribution in [2.24, 2.45) is 29.0 Å². The second-order valence-electron chi connectivity index (χ2n) is 11.5. The minimum atomic E-state index is -2.75. The molecule has 0 spiro atoms. The lowest BCUT2D eigenvalue weighted by molar-refractivity contribution is -0.152. The fourth-order valence-electron chi connectivity index (χ4n) is 6.31. The van der Waals surface area contributed by atoms with Crippen LogP contribution in [0.2, 0.25) is 0 Å². The maximum Gasteiger partial charge on any atom is 0.255 e. The molecule has 0 bridgehead atoms. The van der Waals surface area contributed by atoms with E-state index >= 15 is 0 Å². The number of thiocarbonyl (C=S) groups is 1. The summed E-state index contributed by atoms with van der Waals surface area (Å²) in [5.74, 6) is -8.62. The first-order valence-electron chi connectivity index (χ1n) is 13.9. The van der Waals surface area contributed by atoms with Gasteiger partial charge >= 0.3 is 0 Å². The van der Waals surface area contributed by atoms with Crippen LogP contribution < -0.4 is 17.2 Å². The van der Waals surface area contributed by atoms with Crippen molar-refractivity contribution in [3.63, 3.8) is 0 Å². The minimum absolute atomic E-state index is 0.135. The first-order chi connectivity index (χ1) is 21.7. The Hall–Kier alpha value is -4.87. The molecule has 47 heavy (non-hydrogen) atoms. The molecule has 15 nitrogen and oxygen atoms in total. The first-order valence-corrected chi connectivity index (χ1v) is 14.3. The summed E-state index contributed by atoms with van der Waals surface area (Å²) >= 11 is 3.87. The number of aliphatic hydroxyl groups excluding tert-OH is 4. The van der Waals surface area contributed by atoms with E-state index in [1.807, 2.05) is 0 Å². The Morgan fingerprint density at radius 1 is 0.979 bits per heavy atom. The lowest BCUT2D eigenvalue weighted by atomic mass is 9.55. The quantitative estimate of drug-likeness (QED) is 0.148. The molecule has 0 fully saturated rings. The monoisotopic (exact) mass is 672 g/mol. The molecule has 2 amide bonds. The SMILES string of the molecule is CN(C)[C@@H]1C(O)=C(C(N)=O)C(=O)[C@@]2(O)C(O)=C3C(=O)c4c(O)cccc4[C@@](C)(O)[C@H]3C[C@@H]12.NC(=O)[C@H](O)c1ccccc1.NC(O)=S. The van der Waals surface area contributed by atoms with Gasteiger partial charge in [-0.2, -0.15) is 0 Å². The number of fused-ring (bicyclic) bond motifs is 3. The Labute approximate surface area is 273 Å². The molecule has 2 aromatic carbocycles. The van der Waals surface area contributed by atoms with Gasteiger partial charge in [0.15, 0.2) is 17.5 Å². The molecule has 3 aliphatic carbocycles. The van der Waals surface area contributed by atoms with Crippen LogP contribution in [-0.2, 0) is 20.0 Å². The largest absolute Gasteiger partial charge is 0.510 e. The molecule has 0 radical (unpaired) electrons. The number of phenolic OH excluding ortho intramolecular Hbond substituents is 1. The zero-order chi connectivity index (χ0) is 35.8. The van der Waals surface area contributed by atoms with E-state index in [-0.39, 0.29) is 17.5 Å². The molecular formula is C31H36N4O11S. The topological polar surface area (TPSA) is 291 Å². The Kier molecular flexibility index (Phi) is 10.5. The summed E-state index contributed by atoms with van der Waals surface area (Å²) in [6.07, 6.45) is -1.38. The molecule has 2 aromatic rings. The molecule has 0 unspecified atom stereocenters. The van der Waals surface area contributed by atoms with E-state index in [1.165, 1.54) is 44.1 Å². The van der Waals surface area contributed by atoms with Crippen molar-refractivity contribution < 1.29 is 54.9 Å². The number of hydrogen-bond donors (Lipinski definition) is 10. The number of aromatic hydroxyl groups is 1. The number of rotatable bonds is 4. The second kappa shape index (κ2) is 13.5. The average molecular weight is 673 g/mol.